The summed E-state index contributed by atoms with van der Waals surface area (Å²) in [6, 6.07) is 12.2. The minimum Gasteiger partial charge on any atom is -0.490 e. The van der Waals surface area contributed by atoms with Crippen LogP contribution in [-0.2, 0) is 11.2 Å². The molecule has 0 saturated carbocycles. The minimum absolute atomic E-state index is 0.185. The second-order valence-corrected chi connectivity index (χ2v) is 6.17. The third kappa shape index (κ3) is 3.60. The lowest BCUT2D eigenvalue weighted by Crippen LogP contribution is -2.47. The molecule has 27 heavy (non-hydrogen) atoms. The van der Waals surface area contributed by atoms with E-state index in [-0.39, 0.29) is 11.8 Å². The molecule has 0 fully saturated rings. The number of fused-ring (bicyclic) bond motifs is 1. The number of hydrogen-bond acceptors (Lipinski definition) is 4. The minimum atomic E-state index is -0.568. The summed E-state index contributed by atoms with van der Waals surface area (Å²) in [6.45, 7) is 4.74. The number of nitrogens with zero attached hydrogens (tertiary/aromatic N) is 1. The molecule has 0 aliphatic carbocycles. The van der Waals surface area contributed by atoms with Crippen LogP contribution in [-0.4, -0.2) is 38.1 Å². The highest BCUT2D eigenvalue weighted by Gasteiger charge is 2.38. The molecule has 3 rings (SSSR count). The van der Waals surface area contributed by atoms with Crippen molar-refractivity contribution in [2.75, 3.05) is 25.2 Å². The van der Waals surface area contributed by atoms with Crippen LogP contribution >= 0.6 is 0 Å². The molecular weight excluding hydrogens is 344 g/mol. The van der Waals surface area contributed by atoms with E-state index in [1.165, 1.54) is 0 Å². The predicted molar refractivity (Wildman–Crippen MR) is 104 cm³/mol. The Hall–Kier alpha value is -3.02. The number of hydrogen-bond donors (Lipinski definition) is 1. The molecule has 0 radical (unpaired) electrons. The lowest BCUT2D eigenvalue weighted by Gasteiger charge is -2.25. The second-order valence-electron chi connectivity index (χ2n) is 6.17. The molecule has 1 aliphatic rings. The predicted octanol–water partition coefficient (Wildman–Crippen LogP) is 2.80. The highest BCUT2D eigenvalue weighted by molar-refractivity contribution is 6.11. The number of benzene rings is 2. The van der Waals surface area contributed by atoms with Gasteiger partial charge in [0.25, 0.3) is 5.91 Å². The Morgan fingerprint density at radius 2 is 1.78 bits per heavy atom. The van der Waals surface area contributed by atoms with E-state index in [0.717, 1.165) is 11.3 Å². The molecule has 2 aromatic carbocycles. The summed E-state index contributed by atoms with van der Waals surface area (Å²) >= 11 is 0. The quantitative estimate of drug-likeness (QED) is 0.851. The molecule has 142 valence electrons. The van der Waals surface area contributed by atoms with Gasteiger partial charge in [0.2, 0.25) is 5.91 Å². The third-order valence-electron chi connectivity index (χ3n) is 4.53. The largest absolute Gasteiger partial charge is 0.490 e. The molecule has 1 atom stereocenters. The Morgan fingerprint density at radius 1 is 1.07 bits per heavy atom. The van der Waals surface area contributed by atoms with Gasteiger partial charge in [-0.2, -0.15) is 0 Å². The molecule has 1 unspecified atom stereocenters. The van der Waals surface area contributed by atoms with Crippen molar-refractivity contribution >= 4 is 17.5 Å². The molecule has 1 heterocycles. The molecule has 1 aliphatic heterocycles. The average Bonchev–Trinajstić information content (AvgIpc) is 3.08. The smallest absolute Gasteiger partial charge is 0.259 e. The first-order valence-electron chi connectivity index (χ1n) is 9.13. The lowest BCUT2D eigenvalue weighted by molar-refractivity contribution is -0.121. The number of amides is 2. The molecule has 6 nitrogen and oxygen atoms in total. The van der Waals surface area contributed by atoms with Gasteiger partial charge in [-0.15, -0.1) is 0 Å². The van der Waals surface area contributed by atoms with Crippen molar-refractivity contribution in [3.63, 3.8) is 0 Å². The van der Waals surface area contributed by atoms with E-state index in [0.29, 0.717) is 36.7 Å². The van der Waals surface area contributed by atoms with E-state index >= 15 is 0 Å². The number of carbonyl (C=O) groups excluding carboxylic acids is 2. The van der Waals surface area contributed by atoms with Crippen LogP contribution in [0.4, 0.5) is 5.69 Å². The van der Waals surface area contributed by atoms with Crippen LogP contribution in [0.15, 0.2) is 42.5 Å². The zero-order valence-corrected chi connectivity index (χ0v) is 15.8. The Balaban J connectivity index is 2.00. The summed E-state index contributed by atoms with van der Waals surface area (Å²) in [4.78, 5) is 27.3. The summed E-state index contributed by atoms with van der Waals surface area (Å²) in [5, 5.41) is 2.66. The van der Waals surface area contributed by atoms with E-state index in [2.05, 4.69) is 5.32 Å². The monoisotopic (exact) mass is 368 g/mol. The Bertz CT molecular complexity index is 850. The highest BCUT2D eigenvalue weighted by Crippen LogP contribution is 2.35. The maximum atomic E-state index is 13.3. The van der Waals surface area contributed by atoms with Gasteiger partial charge in [-0.1, -0.05) is 18.2 Å². The lowest BCUT2D eigenvalue weighted by atomic mass is 10.1. The van der Waals surface area contributed by atoms with Gasteiger partial charge in [0, 0.05) is 24.7 Å². The highest BCUT2D eigenvalue weighted by atomic mass is 16.5. The first-order valence-corrected chi connectivity index (χ1v) is 9.13. The molecule has 2 amide bonds. The summed E-state index contributed by atoms with van der Waals surface area (Å²) in [5.74, 6) is 0.697. The third-order valence-corrected chi connectivity index (χ3v) is 4.53. The first-order chi connectivity index (χ1) is 13.1. The van der Waals surface area contributed by atoms with Gasteiger partial charge in [-0.3, -0.25) is 14.5 Å². The molecule has 1 N–H and O–H groups in total. The van der Waals surface area contributed by atoms with Crippen molar-refractivity contribution in [3.05, 3.63) is 53.6 Å². The summed E-state index contributed by atoms with van der Waals surface area (Å²) in [5.41, 5.74) is 2.20. The maximum absolute atomic E-state index is 13.3. The Kier molecular flexibility index (Phi) is 5.64. The van der Waals surface area contributed by atoms with E-state index in [1.54, 1.807) is 30.1 Å². The van der Waals surface area contributed by atoms with Gasteiger partial charge in [-0.25, -0.2) is 0 Å². The van der Waals surface area contributed by atoms with Gasteiger partial charge in [-0.05, 0) is 43.7 Å². The van der Waals surface area contributed by atoms with Gasteiger partial charge in [0.05, 0.1) is 13.2 Å². The van der Waals surface area contributed by atoms with Crippen LogP contribution in [0, 0.1) is 0 Å². The van der Waals surface area contributed by atoms with Crippen molar-refractivity contribution in [3.8, 4) is 11.5 Å². The maximum Gasteiger partial charge on any atom is 0.259 e. The summed E-state index contributed by atoms with van der Waals surface area (Å²) in [7, 11) is 1.58. The topological polar surface area (TPSA) is 67.9 Å². The number of para-hydroxylation sites is 1. The number of anilines is 1. The van der Waals surface area contributed by atoms with Crippen LogP contribution in [0.2, 0.25) is 0 Å². The van der Waals surface area contributed by atoms with Gasteiger partial charge >= 0.3 is 0 Å². The van der Waals surface area contributed by atoms with Gasteiger partial charge in [0.15, 0.2) is 11.5 Å². The standard InChI is InChI=1S/C21H24N2O4/c1-4-26-18-11-10-15(13-19(18)27-5-2)21(25)23-16-9-7-6-8-14(16)12-17(23)20(24)22-3/h6-11,13,17H,4-5,12H2,1-3H3,(H,22,24). The number of rotatable bonds is 6. The van der Waals surface area contributed by atoms with Crippen molar-refractivity contribution < 1.29 is 19.1 Å². The van der Waals surface area contributed by atoms with Crippen LogP contribution in [0.3, 0.4) is 0 Å². The van der Waals surface area contributed by atoms with Crippen LogP contribution in [0.1, 0.15) is 29.8 Å². The SMILES string of the molecule is CCOc1ccc(C(=O)N2c3ccccc3CC2C(=O)NC)cc1OCC. The molecule has 0 saturated heterocycles. The summed E-state index contributed by atoms with van der Waals surface area (Å²) in [6.07, 6.45) is 0.497. The van der Waals surface area contributed by atoms with Crippen molar-refractivity contribution in [2.45, 2.75) is 26.3 Å². The molecule has 0 spiro atoms. The fraction of sp³-hybridized carbons (Fsp3) is 0.333. The number of nitrogens with one attached hydrogen (secondary N) is 1. The van der Waals surface area contributed by atoms with Crippen molar-refractivity contribution in [1.29, 1.82) is 0 Å². The summed E-state index contributed by atoms with van der Waals surface area (Å²) < 4.78 is 11.2. The zero-order valence-electron chi connectivity index (χ0n) is 15.8. The van der Waals surface area contributed by atoms with E-state index in [4.69, 9.17) is 9.47 Å². The fourth-order valence-electron chi connectivity index (χ4n) is 3.34. The molecular formula is C21H24N2O4. The van der Waals surface area contributed by atoms with Gasteiger partial charge in [0.1, 0.15) is 6.04 Å². The van der Waals surface area contributed by atoms with E-state index in [1.807, 2.05) is 38.1 Å². The number of carbonyl (C=O) groups is 2. The van der Waals surface area contributed by atoms with Crippen LogP contribution < -0.4 is 19.7 Å². The van der Waals surface area contributed by atoms with Crippen molar-refractivity contribution in [2.24, 2.45) is 0 Å². The fourth-order valence-corrected chi connectivity index (χ4v) is 3.34. The normalized spacial score (nSPS) is 15.2. The van der Waals surface area contributed by atoms with E-state index in [9.17, 15) is 9.59 Å². The molecule has 6 heteroatoms. The molecule has 0 aromatic heterocycles. The van der Waals surface area contributed by atoms with E-state index < -0.39 is 6.04 Å². The Labute approximate surface area is 159 Å². The van der Waals surface area contributed by atoms with Crippen molar-refractivity contribution in [1.82, 2.24) is 5.32 Å². The number of ether oxygens (including phenoxy) is 2. The second kappa shape index (κ2) is 8.12. The molecule has 0 bridgehead atoms. The zero-order chi connectivity index (χ0) is 19.4. The first kappa shape index (κ1) is 18.8. The molecule has 2 aromatic rings. The Morgan fingerprint density at radius 3 is 2.48 bits per heavy atom. The van der Waals surface area contributed by atoms with Crippen LogP contribution in [0.25, 0.3) is 0 Å². The number of likely N-dealkylation sites (N-methyl/N-ethyl adjacent to an activating group) is 1. The van der Waals surface area contributed by atoms with Gasteiger partial charge < -0.3 is 14.8 Å². The van der Waals surface area contributed by atoms with Crippen LogP contribution in [0.5, 0.6) is 11.5 Å². The average molecular weight is 368 g/mol.